The van der Waals surface area contributed by atoms with Crippen LogP contribution in [0.2, 0.25) is 0 Å². The lowest BCUT2D eigenvalue weighted by atomic mass is 9.62. The number of aryl methyl sites for hydroxylation is 1. The Balaban J connectivity index is 2.19. The topological polar surface area (TPSA) is 50.2 Å². The molecule has 3 rings (SSSR count). The smallest absolute Gasteiger partial charge is 0.355 e. The van der Waals surface area contributed by atoms with Crippen LogP contribution in [0, 0.1) is 6.92 Å². The zero-order chi connectivity index (χ0) is 19.3. The summed E-state index contributed by atoms with van der Waals surface area (Å²) in [7, 11) is 0. The molecule has 0 atom stereocenters. The minimum Gasteiger partial charge on any atom is -0.476 e. The molecule has 0 saturated heterocycles. The molecule has 3 nitrogen and oxygen atoms in total. The summed E-state index contributed by atoms with van der Waals surface area (Å²) in [5.74, 6) is -1.03. The summed E-state index contributed by atoms with van der Waals surface area (Å²) < 4.78 is 0. The van der Waals surface area contributed by atoms with Crippen molar-refractivity contribution in [2.24, 2.45) is 0 Å². The highest BCUT2D eigenvalue weighted by molar-refractivity contribution is 5.95. The van der Waals surface area contributed by atoms with Gasteiger partial charge >= 0.3 is 5.97 Å². The van der Waals surface area contributed by atoms with Crippen LogP contribution in [0.15, 0.2) is 37.0 Å². The summed E-state index contributed by atoms with van der Waals surface area (Å²) in [5, 5.41) is 9.47. The van der Waals surface area contributed by atoms with Gasteiger partial charge in [0.25, 0.3) is 0 Å². The second kappa shape index (κ2) is 6.08. The van der Waals surface area contributed by atoms with Crippen molar-refractivity contribution in [3.63, 3.8) is 0 Å². The number of carboxylic acids is 1. The van der Waals surface area contributed by atoms with E-state index in [1.165, 1.54) is 23.7 Å². The number of carboxylic acid groups (broad SMARTS) is 1. The van der Waals surface area contributed by atoms with Crippen molar-refractivity contribution in [2.75, 3.05) is 0 Å². The van der Waals surface area contributed by atoms with Crippen LogP contribution in [0.4, 0.5) is 0 Å². The molecule has 0 amide bonds. The van der Waals surface area contributed by atoms with E-state index in [-0.39, 0.29) is 16.5 Å². The van der Waals surface area contributed by atoms with Crippen LogP contribution < -0.4 is 0 Å². The Morgan fingerprint density at radius 1 is 1.08 bits per heavy atom. The first-order chi connectivity index (χ1) is 12.0. The lowest BCUT2D eigenvalue weighted by molar-refractivity contribution is 0.0690. The third-order valence-electron chi connectivity index (χ3n) is 5.86. The molecule has 1 aromatic carbocycles. The highest BCUT2D eigenvalue weighted by Gasteiger charge is 2.37. The number of benzene rings is 1. The zero-order valence-electron chi connectivity index (χ0n) is 16.3. The minimum absolute atomic E-state index is 0.0502. The summed E-state index contributed by atoms with van der Waals surface area (Å²) in [6.07, 6.45) is 3.80. The molecule has 0 bridgehead atoms. The summed E-state index contributed by atoms with van der Waals surface area (Å²) in [5.41, 5.74) is 6.46. The Kier molecular flexibility index (Phi) is 4.30. The maximum Gasteiger partial charge on any atom is 0.355 e. The molecule has 1 N–H and O–H groups in total. The molecule has 0 fully saturated rings. The average Bonchev–Trinajstić information content (AvgIpc) is 2.58. The highest BCUT2D eigenvalue weighted by Crippen LogP contribution is 2.47. The van der Waals surface area contributed by atoms with Crippen molar-refractivity contribution in [3.05, 3.63) is 70.6 Å². The third kappa shape index (κ3) is 2.96. The van der Waals surface area contributed by atoms with Gasteiger partial charge in [-0.2, -0.15) is 0 Å². The molecule has 3 heteroatoms. The molecule has 1 aliphatic rings. The monoisotopic (exact) mass is 349 g/mol. The number of nitrogens with zero attached hydrogens (tertiary/aromatic N) is 1. The molecular formula is C23H27NO2. The predicted octanol–water partition coefficient (Wildman–Crippen LogP) is 5.50. The van der Waals surface area contributed by atoms with E-state index in [1.807, 2.05) is 0 Å². The molecule has 1 heterocycles. The van der Waals surface area contributed by atoms with Crippen molar-refractivity contribution in [2.45, 2.75) is 58.3 Å². The van der Waals surface area contributed by atoms with Crippen molar-refractivity contribution >= 4 is 11.5 Å². The van der Waals surface area contributed by atoms with Crippen LogP contribution in [-0.4, -0.2) is 16.1 Å². The van der Waals surface area contributed by atoms with E-state index in [1.54, 1.807) is 12.1 Å². The first-order valence-corrected chi connectivity index (χ1v) is 9.08. The number of fused-ring (bicyclic) bond motifs is 1. The number of hydrogen-bond acceptors (Lipinski definition) is 2. The molecule has 0 unspecified atom stereocenters. The lowest BCUT2D eigenvalue weighted by Gasteiger charge is -2.42. The molecule has 2 aromatic rings. The fourth-order valence-electron chi connectivity index (χ4n) is 4.01. The molecule has 0 spiro atoms. The second-order valence-electron chi connectivity index (χ2n) is 8.66. The van der Waals surface area contributed by atoms with Crippen LogP contribution in [-0.2, 0) is 10.8 Å². The molecule has 1 aromatic heterocycles. The Morgan fingerprint density at radius 3 is 2.23 bits per heavy atom. The number of aromatic nitrogens is 1. The summed E-state index contributed by atoms with van der Waals surface area (Å²) in [6.45, 7) is 15.5. The number of aromatic carboxylic acids is 1. The van der Waals surface area contributed by atoms with Gasteiger partial charge in [-0.1, -0.05) is 52.5 Å². The Bertz CT molecular complexity index is 906. The van der Waals surface area contributed by atoms with Gasteiger partial charge in [0.15, 0.2) is 5.69 Å². The van der Waals surface area contributed by atoms with Gasteiger partial charge in [-0.15, -0.1) is 0 Å². The van der Waals surface area contributed by atoms with Gasteiger partial charge in [-0.05, 0) is 64.5 Å². The van der Waals surface area contributed by atoms with Crippen LogP contribution >= 0.6 is 0 Å². The van der Waals surface area contributed by atoms with Gasteiger partial charge in [-0.3, -0.25) is 0 Å². The molecule has 136 valence electrons. The summed E-state index contributed by atoms with van der Waals surface area (Å²) in [6, 6.07) is 8.04. The normalized spacial score (nSPS) is 17.4. The van der Waals surface area contributed by atoms with E-state index in [0.717, 1.165) is 23.1 Å². The quantitative estimate of drug-likeness (QED) is 0.796. The van der Waals surface area contributed by atoms with E-state index in [2.05, 4.69) is 58.3 Å². The zero-order valence-corrected chi connectivity index (χ0v) is 16.3. The third-order valence-corrected chi connectivity index (χ3v) is 5.86. The van der Waals surface area contributed by atoms with Crippen LogP contribution in [0.1, 0.15) is 78.8 Å². The van der Waals surface area contributed by atoms with Crippen molar-refractivity contribution in [1.29, 1.82) is 0 Å². The van der Waals surface area contributed by atoms with Crippen LogP contribution in [0.3, 0.4) is 0 Å². The van der Waals surface area contributed by atoms with Crippen molar-refractivity contribution in [1.82, 2.24) is 4.98 Å². The molecule has 26 heavy (non-hydrogen) atoms. The fourth-order valence-corrected chi connectivity index (χ4v) is 4.01. The number of carbonyl (C=O) groups is 1. The van der Waals surface area contributed by atoms with E-state index < -0.39 is 5.97 Å². The first-order valence-electron chi connectivity index (χ1n) is 9.08. The minimum atomic E-state index is -1.03. The maximum absolute atomic E-state index is 11.6. The second-order valence-corrected chi connectivity index (χ2v) is 8.66. The van der Waals surface area contributed by atoms with Crippen molar-refractivity contribution < 1.29 is 9.90 Å². The summed E-state index contributed by atoms with van der Waals surface area (Å²) in [4.78, 5) is 15.6. The predicted molar refractivity (Wildman–Crippen MR) is 106 cm³/mol. The van der Waals surface area contributed by atoms with E-state index >= 15 is 0 Å². The SMILES string of the molecule is C=C(c1cc2c(cc1C)C(C)(C)CCC2(C)C)c1cccnc1C(=O)O. The van der Waals surface area contributed by atoms with Crippen molar-refractivity contribution in [3.8, 4) is 0 Å². The highest BCUT2D eigenvalue weighted by atomic mass is 16.4. The van der Waals surface area contributed by atoms with Gasteiger partial charge in [0.2, 0.25) is 0 Å². The fraction of sp³-hybridized carbons (Fsp3) is 0.391. The van der Waals surface area contributed by atoms with Gasteiger partial charge < -0.3 is 5.11 Å². The van der Waals surface area contributed by atoms with Gasteiger partial charge in [0, 0.05) is 11.8 Å². The standard InChI is InChI=1S/C23H27NO2/c1-14-12-18-19(23(5,6)10-9-22(18,3)4)13-17(14)15(2)16-8-7-11-24-20(16)21(25)26/h7-8,11-13H,2,9-10H2,1,3-6H3,(H,25,26). The van der Waals surface area contributed by atoms with E-state index in [9.17, 15) is 9.90 Å². The first kappa shape index (κ1) is 18.4. The maximum atomic E-state index is 11.6. The molecule has 0 aliphatic heterocycles. The number of rotatable bonds is 3. The van der Waals surface area contributed by atoms with Gasteiger partial charge in [0.1, 0.15) is 0 Å². The van der Waals surface area contributed by atoms with Gasteiger partial charge in [0.05, 0.1) is 0 Å². The summed E-state index contributed by atoms with van der Waals surface area (Å²) >= 11 is 0. The van der Waals surface area contributed by atoms with Crippen LogP contribution in [0.25, 0.3) is 5.57 Å². The Morgan fingerprint density at radius 2 is 1.65 bits per heavy atom. The largest absolute Gasteiger partial charge is 0.476 e. The molecular weight excluding hydrogens is 322 g/mol. The van der Waals surface area contributed by atoms with Crippen LogP contribution in [0.5, 0.6) is 0 Å². The van der Waals surface area contributed by atoms with Gasteiger partial charge in [-0.25, -0.2) is 9.78 Å². The molecule has 0 saturated carbocycles. The Labute approximate surface area is 155 Å². The molecule has 1 aliphatic carbocycles. The number of hydrogen-bond donors (Lipinski definition) is 1. The number of pyridine rings is 1. The Hall–Kier alpha value is -2.42. The van der Waals surface area contributed by atoms with E-state index in [0.29, 0.717) is 5.56 Å². The lowest BCUT2D eigenvalue weighted by Crippen LogP contribution is -2.34. The molecule has 0 radical (unpaired) electrons. The van der Waals surface area contributed by atoms with E-state index in [4.69, 9.17) is 0 Å². The average molecular weight is 349 g/mol.